The molecule has 0 aromatic carbocycles. The lowest BCUT2D eigenvalue weighted by Gasteiger charge is -2.24. The van der Waals surface area contributed by atoms with Crippen LogP contribution in [0.25, 0.3) is 0 Å². The summed E-state index contributed by atoms with van der Waals surface area (Å²) in [5, 5.41) is 25.2. The van der Waals surface area contributed by atoms with Crippen LogP contribution in [0, 0.1) is 5.92 Å². The number of nitrogens with two attached hydrogens (primary N) is 2. The molecule has 0 rings (SSSR count). The lowest BCUT2D eigenvalue weighted by molar-refractivity contribution is -0.143. The lowest BCUT2D eigenvalue weighted by Crippen LogP contribution is -2.56. The quantitative estimate of drug-likeness (QED) is 0.146. The molecule has 9 N–H and O–H groups in total. The second-order valence-corrected chi connectivity index (χ2v) is 7.68. The monoisotopic (exact) mass is 445 g/mol. The topological polar surface area (TPSA) is 214 Å². The van der Waals surface area contributed by atoms with E-state index in [9.17, 15) is 29.1 Å². The maximum atomic E-state index is 12.6. The molecular formula is C19H35N5O7. The van der Waals surface area contributed by atoms with Gasteiger partial charge in [0.2, 0.25) is 17.7 Å². The predicted octanol–water partition coefficient (Wildman–Crippen LogP) is -1.48. The standard InChI is InChI=1S/C19H35N5O7/c1-10(2)15(21)18(29)22-11(3)16(27)23-12(6-4-5-9-20)17(28)24-13(19(30)31)7-8-14(25)26/h10-13,15H,4-9,20-21H2,1-3H3,(H,22,29)(H,23,27)(H,24,28)(H,25,26)(H,30,31). The van der Waals surface area contributed by atoms with Crippen molar-refractivity contribution >= 4 is 29.7 Å². The highest BCUT2D eigenvalue weighted by molar-refractivity contribution is 5.94. The molecule has 0 radical (unpaired) electrons. The Morgan fingerprint density at radius 2 is 1.39 bits per heavy atom. The first-order valence-electron chi connectivity index (χ1n) is 10.2. The van der Waals surface area contributed by atoms with E-state index >= 15 is 0 Å². The summed E-state index contributed by atoms with van der Waals surface area (Å²) in [6.07, 6.45) is 0.503. The van der Waals surface area contributed by atoms with Crippen LogP contribution in [-0.4, -0.2) is 70.6 Å². The van der Waals surface area contributed by atoms with Gasteiger partial charge in [0, 0.05) is 6.42 Å². The molecule has 0 saturated carbocycles. The van der Waals surface area contributed by atoms with Gasteiger partial charge >= 0.3 is 11.9 Å². The number of rotatable bonds is 15. The number of aliphatic carboxylic acids is 2. The van der Waals surface area contributed by atoms with Crippen LogP contribution in [0.5, 0.6) is 0 Å². The fourth-order valence-electron chi connectivity index (χ4n) is 2.53. The van der Waals surface area contributed by atoms with Gasteiger partial charge in [-0.15, -0.1) is 0 Å². The molecule has 0 heterocycles. The molecule has 3 amide bonds. The van der Waals surface area contributed by atoms with Gasteiger partial charge in [0.25, 0.3) is 0 Å². The molecule has 0 aliphatic rings. The highest BCUT2D eigenvalue weighted by Crippen LogP contribution is 2.05. The number of amides is 3. The number of hydrogen-bond donors (Lipinski definition) is 7. The Balaban J connectivity index is 5.15. The molecule has 31 heavy (non-hydrogen) atoms. The third-order valence-electron chi connectivity index (χ3n) is 4.61. The molecule has 178 valence electrons. The Bertz CT molecular complexity index is 641. The van der Waals surface area contributed by atoms with Crippen LogP contribution in [0.15, 0.2) is 0 Å². The van der Waals surface area contributed by atoms with Crippen LogP contribution < -0.4 is 27.4 Å². The normalized spacial score (nSPS) is 14.8. The van der Waals surface area contributed by atoms with Gasteiger partial charge in [-0.25, -0.2) is 4.79 Å². The second-order valence-electron chi connectivity index (χ2n) is 7.68. The maximum absolute atomic E-state index is 12.6. The van der Waals surface area contributed by atoms with E-state index in [2.05, 4.69) is 16.0 Å². The average Bonchev–Trinajstić information content (AvgIpc) is 2.68. The number of carbonyl (C=O) groups is 5. The number of unbranched alkanes of at least 4 members (excludes halogenated alkanes) is 1. The first kappa shape index (κ1) is 28.3. The first-order valence-corrected chi connectivity index (χ1v) is 10.2. The van der Waals surface area contributed by atoms with E-state index in [-0.39, 0.29) is 18.8 Å². The summed E-state index contributed by atoms with van der Waals surface area (Å²) in [7, 11) is 0. The molecule has 0 aromatic rings. The van der Waals surface area contributed by atoms with Crippen LogP contribution in [0.1, 0.15) is 52.9 Å². The van der Waals surface area contributed by atoms with Gasteiger partial charge in [0.1, 0.15) is 18.1 Å². The van der Waals surface area contributed by atoms with Crippen molar-refractivity contribution in [1.82, 2.24) is 16.0 Å². The highest BCUT2D eigenvalue weighted by Gasteiger charge is 2.29. The summed E-state index contributed by atoms with van der Waals surface area (Å²) in [6.45, 7) is 5.33. The SMILES string of the molecule is CC(NC(=O)C(N)C(C)C)C(=O)NC(CCCCN)C(=O)NC(CCC(=O)O)C(=O)O. The zero-order chi connectivity index (χ0) is 24.1. The Kier molecular flexibility index (Phi) is 13.0. The van der Waals surface area contributed by atoms with Crippen molar-refractivity contribution in [1.29, 1.82) is 0 Å². The van der Waals surface area contributed by atoms with E-state index in [4.69, 9.17) is 16.6 Å². The predicted molar refractivity (Wildman–Crippen MR) is 112 cm³/mol. The van der Waals surface area contributed by atoms with Gasteiger partial charge in [-0.2, -0.15) is 0 Å². The van der Waals surface area contributed by atoms with E-state index in [1.807, 2.05) is 0 Å². The summed E-state index contributed by atoms with van der Waals surface area (Å²) < 4.78 is 0. The molecule has 0 spiro atoms. The number of nitrogens with one attached hydrogen (secondary N) is 3. The molecule has 0 bridgehead atoms. The molecule has 0 aliphatic heterocycles. The minimum atomic E-state index is -1.42. The summed E-state index contributed by atoms with van der Waals surface area (Å²) >= 11 is 0. The summed E-state index contributed by atoms with van der Waals surface area (Å²) in [5.74, 6) is -4.64. The summed E-state index contributed by atoms with van der Waals surface area (Å²) in [5.41, 5.74) is 11.2. The van der Waals surface area contributed by atoms with E-state index in [1.54, 1.807) is 13.8 Å². The first-order chi connectivity index (χ1) is 14.4. The molecule has 12 heteroatoms. The minimum absolute atomic E-state index is 0.135. The van der Waals surface area contributed by atoms with Crippen LogP contribution in [0.3, 0.4) is 0 Å². The van der Waals surface area contributed by atoms with Crippen LogP contribution in [0.4, 0.5) is 0 Å². The van der Waals surface area contributed by atoms with Crippen LogP contribution in [0.2, 0.25) is 0 Å². The van der Waals surface area contributed by atoms with Gasteiger partial charge in [-0.3, -0.25) is 19.2 Å². The summed E-state index contributed by atoms with van der Waals surface area (Å²) in [4.78, 5) is 59.2. The van der Waals surface area contributed by atoms with E-state index in [1.165, 1.54) is 6.92 Å². The Hall–Kier alpha value is -2.73. The molecule has 0 aliphatic carbocycles. The molecule has 0 fully saturated rings. The van der Waals surface area contributed by atoms with Crippen molar-refractivity contribution in [2.75, 3.05) is 6.54 Å². The molecule has 0 saturated heterocycles. The number of carboxylic acid groups (broad SMARTS) is 2. The highest BCUT2D eigenvalue weighted by atomic mass is 16.4. The van der Waals surface area contributed by atoms with Gasteiger partial charge in [0.15, 0.2) is 0 Å². The largest absolute Gasteiger partial charge is 0.481 e. The summed E-state index contributed by atoms with van der Waals surface area (Å²) in [6, 6.07) is -4.28. The molecule has 0 aromatic heterocycles. The number of hydrogen-bond acceptors (Lipinski definition) is 7. The smallest absolute Gasteiger partial charge is 0.326 e. The fourth-order valence-corrected chi connectivity index (χ4v) is 2.53. The van der Waals surface area contributed by atoms with Crippen molar-refractivity contribution in [3.8, 4) is 0 Å². The maximum Gasteiger partial charge on any atom is 0.326 e. The number of carboxylic acids is 2. The second kappa shape index (κ2) is 14.3. The molecule has 4 unspecified atom stereocenters. The van der Waals surface area contributed by atoms with E-state index < -0.39 is 60.2 Å². The van der Waals surface area contributed by atoms with Gasteiger partial charge in [-0.1, -0.05) is 13.8 Å². The molecule has 12 nitrogen and oxygen atoms in total. The van der Waals surface area contributed by atoms with E-state index in [0.29, 0.717) is 19.4 Å². The van der Waals surface area contributed by atoms with Crippen molar-refractivity contribution in [3.05, 3.63) is 0 Å². The Morgan fingerprint density at radius 1 is 0.806 bits per heavy atom. The van der Waals surface area contributed by atoms with Crippen LogP contribution in [-0.2, 0) is 24.0 Å². The minimum Gasteiger partial charge on any atom is -0.481 e. The third-order valence-corrected chi connectivity index (χ3v) is 4.61. The zero-order valence-corrected chi connectivity index (χ0v) is 18.2. The van der Waals surface area contributed by atoms with Gasteiger partial charge in [-0.05, 0) is 45.1 Å². The van der Waals surface area contributed by atoms with Crippen LogP contribution >= 0.6 is 0 Å². The van der Waals surface area contributed by atoms with Crippen molar-refractivity contribution < 1.29 is 34.2 Å². The van der Waals surface area contributed by atoms with Crippen molar-refractivity contribution in [2.45, 2.75) is 77.0 Å². The molecular weight excluding hydrogens is 410 g/mol. The average molecular weight is 446 g/mol. The Labute approximate surface area is 181 Å². The van der Waals surface area contributed by atoms with Gasteiger partial charge < -0.3 is 37.6 Å². The third kappa shape index (κ3) is 11.3. The lowest BCUT2D eigenvalue weighted by atomic mass is 10.0. The Morgan fingerprint density at radius 3 is 1.87 bits per heavy atom. The zero-order valence-electron chi connectivity index (χ0n) is 18.2. The van der Waals surface area contributed by atoms with Crippen molar-refractivity contribution in [2.24, 2.45) is 17.4 Å². The van der Waals surface area contributed by atoms with E-state index in [0.717, 1.165) is 0 Å². The fraction of sp³-hybridized carbons (Fsp3) is 0.737. The van der Waals surface area contributed by atoms with Gasteiger partial charge in [0.05, 0.1) is 6.04 Å². The number of carbonyl (C=O) groups excluding carboxylic acids is 3. The molecule has 4 atom stereocenters. The van der Waals surface area contributed by atoms with Crippen molar-refractivity contribution in [3.63, 3.8) is 0 Å².